The topological polar surface area (TPSA) is 94.7 Å². The summed E-state index contributed by atoms with van der Waals surface area (Å²) in [6.45, 7) is 1.20. The van der Waals surface area contributed by atoms with Gasteiger partial charge in [0.05, 0.1) is 43.6 Å². The Bertz CT molecular complexity index is 1400. The van der Waals surface area contributed by atoms with Gasteiger partial charge < -0.3 is 29.5 Å². The lowest BCUT2D eigenvalue weighted by Crippen LogP contribution is -2.51. The number of ether oxygens (including phenoxy) is 2. The van der Waals surface area contributed by atoms with Gasteiger partial charge in [-0.2, -0.15) is 13.2 Å². The number of alkyl halides is 3. The molecule has 0 aromatic heterocycles. The molecule has 0 saturated carbocycles. The zero-order chi connectivity index (χ0) is 29.5. The Morgan fingerprint density at radius 3 is 2.39 bits per heavy atom. The molecule has 41 heavy (non-hydrogen) atoms. The van der Waals surface area contributed by atoms with Crippen molar-refractivity contribution in [3.05, 3.63) is 64.9 Å². The maximum absolute atomic E-state index is 13.6. The standard InChI is InChI=1S/C28H30F3N5O5/c1-33-20-15-36(26(38)23(20)24(32-27(33)39)19-8-5-9-21(40-2)25(19)41-3)16-22(37)35-12-10-34(11-13-35)18-7-4-6-17(14-18)28(29,30)31/h4-9,14,24H,10-13,15-16H2,1-3H3,(H,32,39)/t24-/m0/s1. The van der Waals surface area contributed by atoms with E-state index in [0.717, 1.165) is 12.1 Å². The van der Waals surface area contributed by atoms with Crippen molar-refractivity contribution in [2.45, 2.75) is 12.2 Å². The lowest BCUT2D eigenvalue weighted by atomic mass is 9.94. The van der Waals surface area contributed by atoms with E-state index in [0.29, 0.717) is 60.2 Å². The van der Waals surface area contributed by atoms with E-state index in [-0.39, 0.29) is 24.9 Å². The molecule has 3 heterocycles. The third kappa shape index (κ3) is 5.23. The van der Waals surface area contributed by atoms with Crippen LogP contribution in [0.1, 0.15) is 17.2 Å². The number of likely N-dealkylation sites (N-methyl/N-ethyl adjacent to an activating group) is 1. The number of carbonyl (C=O) groups is 3. The number of halogens is 3. The van der Waals surface area contributed by atoms with Gasteiger partial charge >= 0.3 is 12.2 Å². The fourth-order valence-corrected chi connectivity index (χ4v) is 5.48. The lowest BCUT2D eigenvalue weighted by molar-refractivity contribution is -0.137. The number of piperazine rings is 1. The molecule has 2 aromatic carbocycles. The molecule has 2 aromatic rings. The number of hydrogen-bond acceptors (Lipinski definition) is 6. The van der Waals surface area contributed by atoms with Gasteiger partial charge in [-0.1, -0.05) is 18.2 Å². The van der Waals surface area contributed by atoms with E-state index in [1.807, 2.05) is 0 Å². The average Bonchev–Trinajstić information content (AvgIpc) is 3.29. The van der Waals surface area contributed by atoms with Crippen LogP contribution in [0.3, 0.4) is 0 Å². The monoisotopic (exact) mass is 573 g/mol. The average molecular weight is 574 g/mol. The summed E-state index contributed by atoms with van der Waals surface area (Å²) in [6.07, 6.45) is -4.44. The number of hydrogen-bond donors (Lipinski definition) is 1. The van der Waals surface area contributed by atoms with E-state index in [1.165, 1.54) is 30.1 Å². The molecule has 13 heteroatoms. The van der Waals surface area contributed by atoms with Gasteiger partial charge in [-0.3, -0.25) is 14.5 Å². The highest BCUT2D eigenvalue weighted by molar-refractivity contribution is 6.03. The second-order valence-electron chi connectivity index (χ2n) is 9.96. The molecule has 10 nitrogen and oxygen atoms in total. The zero-order valence-corrected chi connectivity index (χ0v) is 22.8. The van der Waals surface area contributed by atoms with E-state index in [4.69, 9.17) is 9.47 Å². The Morgan fingerprint density at radius 2 is 1.73 bits per heavy atom. The molecule has 3 aliphatic heterocycles. The third-order valence-corrected chi connectivity index (χ3v) is 7.68. The SMILES string of the molecule is COc1cccc([C@@H]2NC(=O)N(C)C3=C2C(=O)N(CC(=O)N2CCN(c4cccc(C(F)(F)F)c4)CC2)C3)c1OC. The van der Waals surface area contributed by atoms with Gasteiger partial charge in [-0.05, 0) is 24.3 Å². The van der Waals surface area contributed by atoms with Gasteiger partial charge in [-0.25, -0.2) is 4.79 Å². The van der Waals surface area contributed by atoms with Crippen LogP contribution in [0.15, 0.2) is 53.7 Å². The highest BCUT2D eigenvalue weighted by Gasteiger charge is 2.44. The van der Waals surface area contributed by atoms with Crippen molar-refractivity contribution in [2.24, 2.45) is 0 Å². The summed E-state index contributed by atoms with van der Waals surface area (Å²) >= 11 is 0. The molecule has 0 bridgehead atoms. The van der Waals surface area contributed by atoms with Crippen molar-refractivity contribution in [2.75, 3.05) is 65.4 Å². The number of carbonyl (C=O) groups excluding carboxylic acids is 3. The normalized spacial score (nSPS) is 19.4. The molecular weight excluding hydrogens is 543 g/mol. The molecular formula is C28H30F3N5O5. The first-order valence-electron chi connectivity index (χ1n) is 13.0. The van der Waals surface area contributed by atoms with Crippen LogP contribution in [0.4, 0.5) is 23.7 Å². The van der Waals surface area contributed by atoms with Crippen LogP contribution in [0.25, 0.3) is 0 Å². The molecule has 0 aliphatic carbocycles. The first-order chi connectivity index (χ1) is 19.5. The van der Waals surface area contributed by atoms with Gasteiger partial charge in [0.2, 0.25) is 5.91 Å². The predicted octanol–water partition coefficient (Wildman–Crippen LogP) is 2.86. The molecule has 5 rings (SSSR count). The van der Waals surface area contributed by atoms with E-state index < -0.39 is 23.8 Å². The Labute approximate surface area is 234 Å². The van der Waals surface area contributed by atoms with Crippen LogP contribution in [0.5, 0.6) is 11.5 Å². The molecule has 1 N–H and O–H groups in total. The summed E-state index contributed by atoms with van der Waals surface area (Å²) in [7, 11) is 4.53. The molecule has 3 aliphatic rings. The first kappa shape index (κ1) is 28.1. The van der Waals surface area contributed by atoms with Crippen LogP contribution in [-0.2, 0) is 15.8 Å². The minimum atomic E-state index is -4.44. The highest BCUT2D eigenvalue weighted by atomic mass is 19.4. The van der Waals surface area contributed by atoms with Crippen molar-refractivity contribution in [1.82, 2.24) is 20.0 Å². The third-order valence-electron chi connectivity index (χ3n) is 7.68. The number of anilines is 1. The molecule has 218 valence electrons. The summed E-state index contributed by atoms with van der Waals surface area (Å²) in [5.74, 6) is 0.178. The number of para-hydroxylation sites is 1. The molecule has 4 amide bonds. The molecule has 1 fully saturated rings. The van der Waals surface area contributed by atoms with Crippen LogP contribution < -0.4 is 19.7 Å². The Kier molecular flexibility index (Phi) is 7.45. The number of nitrogens with one attached hydrogen (secondary N) is 1. The smallest absolute Gasteiger partial charge is 0.416 e. The number of nitrogens with zero attached hydrogens (tertiary/aromatic N) is 4. The summed E-state index contributed by atoms with van der Waals surface area (Å²) in [5, 5.41) is 2.86. The van der Waals surface area contributed by atoms with Crippen LogP contribution in [0.2, 0.25) is 0 Å². The van der Waals surface area contributed by atoms with Gasteiger partial charge in [0.15, 0.2) is 11.5 Å². The second kappa shape index (κ2) is 10.9. The first-order valence-corrected chi connectivity index (χ1v) is 13.0. The summed E-state index contributed by atoms with van der Waals surface area (Å²) in [4.78, 5) is 45.9. The summed E-state index contributed by atoms with van der Waals surface area (Å²) in [6, 6.07) is 9.11. The number of amides is 4. The maximum Gasteiger partial charge on any atom is 0.416 e. The largest absolute Gasteiger partial charge is 0.493 e. The van der Waals surface area contributed by atoms with Crippen molar-refractivity contribution < 1.29 is 37.0 Å². The molecule has 0 radical (unpaired) electrons. The quantitative estimate of drug-likeness (QED) is 0.572. The highest BCUT2D eigenvalue weighted by Crippen LogP contribution is 2.42. The lowest BCUT2D eigenvalue weighted by Gasteiger charge is -2.37. The van der Waals surface area contributed by atoms with E-state index in [9.17, 15) is 27.6 Å². The van der Waals surface area contributed by atoms with Crippen molar-refractivity contribution >= 4 is 23.5 Å². The van der Waals surface area contributed by atoms with E-state index in [1.54, 1.807) is 41.1 Å². The number of rotatable bonds is 6. The Hall–Kier alpha value is -4.42. The van der Waals surface area contributed by atoms with Gasteiger partial charge in [0, 0.05) is 44.5 Å². The molecule has 0 spiro atoms. The second-order valence-corrected chi connectivity index (χ2v) is 9.96. The summed E-state index contributed by atoms with van der Waals surface area (Å²) < 4.78 is 50.3. The molecule has 0 unspecified atom stereocenters. The molecule has 1 atom stereocenters. The fraction of sp³-hybridized carbons (Fsp3) is 0.393. The number of benzene rings is 2. The van der Waals surface area contributed by atoms with Gasteiger partial charge in [0.1, 0.15) is 6.54 Å². The van der Waals surface area contributed by atoms with E-state index in [2.05, 4.69) is 5.32 Å². The van der Waals surface area contributed by atoms with Gasteiger partial charge in [-0.15, -0.1) is 0 Å². The van der Waals surface area contributed by atoms with Crippen molar-refractivity contribution in [1.29, 1.82) is 0 Å². The number of urea groups is 1. The van der Waals surface area contributed by atoms with E-state index >= 15 is 0 Å². The predicted molar refractivity (Wildman–Crippen MR) is 142 cm³/mol. The Balaban J connectivity index is 1.28. The van der Waals surface area contributed by atoms with Crippen LogP contribution >= 0.6 is 0 Å². The van der Waals surface area contributed by atoms with Crippen molar-refractivity contribution in [3.8, 4) is 11.5 Å². The van der Waals surface area contributed by atoms with Gasteiger partial charge in [0.25, 0.3) is 5.91 Å². The minimum Gasteiger partial charge on any atom is -0.493 e. The maximum atomic E-state index is 13.6. The van der Waals surface area contributed by atoms with Crippen molar-refractivity contribution in [3.63, 3.8) is 0 Å². The van der Waals surface area contributed by atoms with Crippen LogP contribution in [-0.4, -0.2) is 93.1 Å². The number of methoxy groups -OCH3 is 2. The fourth-order valence-electron chi connectivity index (χ4n) is 5.48. The Morgan fingerprint density at radius 1 is 1.02 bits per heavy atom. The molecule has 1 saturated heterocycles. The summed E-state index contributed by atoms with van der Waals surface area (Å²) in [5.41, 5.74) is 1.11. The zero-order valence-electron chi connectivity index (χ0n) is 22.8. The minimum absolute atomic E-state index is 0.0802. The van der Waals surface area contributed by atoms with Crippen LogP contribution in [0, 0.1) is 0 Å².